The first-order valence-corrected chi connectivity index (χ1v) is 13.1. The second kappa shape index (κ2) is 12.4. The normalized spacial score (nSPS) is 11.9. The summed E-state index contributed by atoms with van der Waals surface area (Å²) >= 11 is 0. The van der Waals surface area contributed by atoms with Crippen molar-refractivity contribution in [2.45, 2.75) is 30.8 Å². The summed E-state index contributed by atoms with van der Waals surface area (Å²) in [6, 6.07) is 18.7. The van der Waals surface area contributed by atoms with Crippen LogP contribution in [0.25, 0.3) is 0 Å². The molecule has 0 aliphatic carbocycles. The molecule has 0 aliphatic heterocycles. The molecule has 196 valence electrons. The number of ether oxygens (including phenoxy) is 1. The predicted molar refractivity (Wildman–Crippen MR) is 139 cm³/mol. The van der Waals surface area contributed by atoms with E-state index in [1.165, 1.54) is 36.2 Å². The zero-order valence-corrected chi connectivity index (χ0v) is 21.7. The molecule has 3 rings (SSSR count). The monoisotopic (exact) mass is 527 g/mol. The number of rotatable bonds is 11. The Morgan fingerprint density at radius 2 is 1.59 bits per heavy atom. The highest BCUT2D eigenvalue weighted by Crippen LogP contribution is 2.25. The van der Waals surface area contributed by atoms with E-state index in [0.717, 1.165) is 22.0 Å². The molecule has 0 saturated heterocycles. The first-order valence-electron chi connectivity index (χ1n) is 11.7. The van der Waals surface area contributed by atoms with Crippen LogP contribution < -0.4 is 14.4 Å². The van der Waals surface area contributed by atoms with Crippen LogP contribution in [0.4, 0.5) is 10.1 Å². The maximum atomic E-state index is 13.8. The van der Waals surface area contributed by atoms with Crippen molar-refractivity contribution >= 4 is 27.5 Å². The van der Waals surface area contributed by atoms with Gasteiger partial charge in [0.2, 0.25) is 11.8 Å². The average Bonchev–Trinajstić information content (AvgIpc) is 2.92. The number of nitrogens with zero attached hydrogens (tertiary/aromatic N) is 2. The van der Waals surface area contributed by atoms with E-state index in [0.29, 0.717) is 12.2 Å². The zero-order chi connectivity index (χ0) is 27.0. The van der Waals surface area contributed by atoms with Gasteiger partial charge in [-0.1, -0.05) is 37.3 Å². The average molecular weight is 528 g/mol. The van der Waals surface area contributed by atoms with Gasteiger partial charge in [-0.05, 0) is 60.5 Å². The Bertz CT molecular complexity index is 1300. The molecule has 2 amide bonds. The number of likely N-dealkylation sites (N-methyl/N-ethyl adjacent to an activating group) is 1. The number of amides is 2. The van der Waals surface area contributed by atoms with Crippen LogP contribution in [0, 0.1) is 5.82 Å². The topological polar surface area (TPSA) is 96.0 Å². The Morgan fingerprint density at radius 1 is 0.973 bits per heavy atom. The number of benzene rings is 3. The Hall–Kier alpha value is -3.92. The van der Waals surface area contributed by atoms with Crippen molar-refractivity contribution in [1.82, 2.24) is 10.2 Å². The maximum Gasteiger partial charge on any atom is 0.264 e. The number of sulfonamides is 1. The Kier molecular flexibility index (Phi) is 9.24. The number of hydrogen-bond donors (Lipinski definition) is 1. The third-order valence-corrected chi connectivity index (χ3v) is 7.66. The van der Waals surface area contributed by atoms with Gasteiger partial charge >= 0.3 is 0 Å². The molecule has 0 heterocycles. The lowest BCUT2D eigenvalue weighted by Crippen LogP contribution is -2.51. The van der Waals surface area contributed by atoms with E-state index in [2.05, 4.69) is 5.32 Å². The van der Waals surface area contributed by atoms with Crippen molar-refractivity contribution in [3.05, 3.63) is 90.2 Å². The van der Waals surface area contributed by atoms with Gasteiger partial charge in [0.1, 0.15) is 24.2 Å². The fraction of sp³-hybridized carbons (Fsp3) is 0.259. The number of carbonyl (C=O) groups excluding carboxylic acids is 2. The molecular formula is C27H30FN3O5S. The number of carbonyl (C=O) groups is 2. The third-order valence-electron chi connectivity index (χ3n) is 5.87. The van der Waals surface area contributed by atoms with Gasteiger partial charge in [0.25, 0.3) is 10.0 Å². The van der Waals surface area contributed by atoms with Crippen LogP contribution >= 0.6 is 0 Å². The highest BCUT2D eigenvalue weighted by atomic mass is 32.2. The number of hydrogen-bond acceptors (Lipinski definition) is 5. The Balaban J connectivity index is 2.02. The van der Waals surface area contributed by atoms with E-state index in [9.17, 15) is 22.4 Å². The maximum absolute atomic E-state index is 13.8. The summed E-state index contributed by atoms with van der Waals surface area (Å²) in [6.07, 6.45) is 0.309. The summed E-state index contributed by atoms with van der Waals surface area (Å²) in [5.41, 5.74) is 0.853. The molecule has 1 N–H and O–H groups in total. The second-order valence-corrected chi connectivity index (χ2v) is 10.1. The summed E-state index contributed by atoms with van der Waals surface area (Å²) in [6.45, 7) is 1.25. The summed E-state index contributed by atoms with van der Waals surface area (Å²) < 4.78 is 47.0. The minimum absolute atomic E-state index is 0.0211. The lowest BCUT2D eigenvalue weighted by Gasteiger charge is -2.33. The van der Waals surface area contributed by atoms with Crippen LogP contribution in [0.3, 0.4) is 0 Å². The highest BCUT2D eigenvalue weighted by Gasteiger charge is 2.33. The Morgan fingerprint density at radius 3 is 2.14 bits per heavy atom. The predicted octanol–water partition coefficient (Wildman–Crippen LogP) is 3.58. The minimum Gasteiger partial charge on any atom is -0.497 e. The van der Waals surface area contributed by atoms with Gasteiger partial charge < -0.3 is 15.0 Å². The summed E-state index contributed by atoms with van der Waals surface area (Å²) in [4.78, 5) is 27.8. The molecule has 1 unspecified atom stereocenters. The number of anilines is 1. The van der Waals surface area contributed by atoms with Gasteiger partial charge in [-0.25, -0.2) is 12.8 Å². The first kappa shape index (κ1) is 27.7. The standard InChI is InChI=1S/C27H30FN3O5S/c1-4-25(27(33)29-2)30(18-20-10-16-23(36-3)17-11-20)26(32)19-31(22-14-12-21(28)13-15-22)37(34,35)24-8-6-5-7-9-24/h5-17,25H,4,18-19H2,1-3H3,(H,29,33). The van der Waals surface area contributed by atoms with Gasteiger partial charge in [0.05, 0.1) is 17.7 Å². The summed E-state index contributed by atoms with van der Waals surface area (Å²) in [5.74, 6) is -0.867. The van der Waals surface area contributed by atoms with Crippen molar-refractivity contribution < 1.29 is 27.1 Å². The van der Waals surface area contributed by atoms with E-state index in [4.69, 9.17) is 4.74 Å². The fourth-order valence-corrected chi connectivity index (χ4v) is 5.30. The van der Waals surface area contributed by atoms with Gasteiger partial charge in [0.15, 0.2) is 0 Å². The van der Waals surface area contributed by atoms with Crippen LogP contribution in [-0.2, 0) is 26.2 Å². The quantitative estimate of drug-likeness (QED) is 0.411. The molecule has 0 fully saturated rings. The van der Waals surface area contributed by atoms with Crippen molar-refractivity contribution in [2.75, 3.05) is 25.0 Å². The van der Waals surface area contributed by atoms with Crippen LogP contribution in [0.1, 0.15) is 18.9 Å². The van der Waals surface area contributed by atoms with Crippen molar-refractivity contribution in [3.8, 4) is 5.75 Å². The zero-order valence-electron chi connectivity index (χ0n) is 20.9. The molecule has 8 nitrogen and oxygen atoms in total. The van der Waals surface area contributed by atoms with Crippen molar-refractivity contribution in [3.63, 3.8) is 0 Å². The lowest BCUT2D eigenvalue weighted by atomic mass is 10.1. The largest absolute Gasteiger partial charge is 0.497 e. The molecular weight excluding hydrogens is 497 g/mol. The second-order valence-electron chi connectivity index (χ2n) is 8.21. The van der Waals surface area contributed by atoms with Crippen molar-refractivity contribution in [1.29, 1.82) is 0 Å². The van der Waals surface area contributed by atoms with E-state index < -0.39 is 34.3 Å². The van der Waals surface area contributed by atoms with Crippen LogP contribution in [0.15, 0.2) is 83.8 Å². The highest BCUT2D eigenvalue weighted by molar-refractivity contribution is 7.92. The lowest BCUT2D eigenvalue weighted by molar-refractivity contribution is -0.140. The van der Waals surface area contributed by atoms with E-state index in [-0.39, 0.29) is 23.0 Å². The smallest absolute Gasteiger partial charge is 0.264 e. The van der Waals surface area contributed by atoms with E-state index in [1.807, 2.05) is 0 Å². The Labute approximate surface area is 216 Å². The van der Waals surface area contributed by atoms with E-state index >= 15 is 0 Å². The molecule has 0 saturated carbocycles. The number of nitrogens with one attached hydrogen (secondary N) is 1. The van der Waals surface area contributed by atoms with Gasteiger partial charge in [-0.3, -0.25) is 13.9 Å². The van der Waals surface area contributed by atoms with Crippen molar-refractivity contribution in [2.24, 2.45) is 0 Å². The molecule has 3 aromatic carbocycles. The fourth-order valence-electron chi connectivity index (χ4n) is 3.87. The summed E-state index contributed by atoms with van der Waals surface area (Å²) in [7, 11) is -1.17. The van der Waals surface area contributed by atoms with Crippen LogP contribution in [-0.4, -0.2) is 51.9 Å². The molecule has 10 heteroatoms. The minimum atomic E-state index is -4.19. The molecule has 1 atom stereocenters. The van der Waals surface area contributed by atoms with Crippen LogP contribution in [0.5, 0.6) is 5.75 Å². The van der Waals surface area contributed by atoms with E-state index in [1.54, 1.807) is 56.5 Å². The number of methoxy groups -OCH3 is 1. The summed E-state index contributed by atoms with van der Waals surface area (Å²) in [5, 5.41) is 2.58. The number of halogens is 1. The van der Waals surface area contributed by atoms with Gasteiger partial charge in [-0.2, -0.15) is 0 Å². The van der Waals surface area contributed by atoms with Gasteiger partial charge in [-0.15, -0.1) is 0 Å². The third kappa shape index (κ3) is 6.65. The SMILES string of the molecule is CCC(C(=O)NC)N(Cc1ccc(OC)cc1)C(=O)CN(c1ccc(F)cc1)S(=O)(=O)c1ccccc1. The molecule has 3 aromatic rings. The first-order chi connectivity index (χ1) is 17.7. The van der Waals surface area contributed by atoms with Gasteiger partial charge in [0, 0.05) is 13.6 Å². The molecule has 0 radical (unpaired) electrons. The molecule has 37 heavy (non-hydrogen) atoms. The molecule has 0 bridgehead atoms. The molecule has 0 aliphatic rings. The van der Waals surface area contributed by atoms with Crippen LogP contribution in [0.2, 0.25) is 0 Å². The molecule has 0 spiro atoms. The molecule has 0 aromatic heterocycles.